The molecular formula is C56H58O24. The van der Waals surface area contributed by atoms with Gasteiger partial charge in [0.05, 0.1) is 35.0 Å². The minimum absolute atomic E-state index is 0.00160. The quantitative estimate of drug-likeness (QED) is 0.103. The van der Waals surface area contributed by atoms with Crippen molar-refractivity contribution in [3.63, 3.8) is 0 Å². The van der Waals surface area contributed by atoms with Crippen LogP contribution in [-0.4, -0.2) is 164 Å². The van der Waals surface area contributed by atoms with Gasteiger partial charge >= 0.3 is 53.7 Å². The fourth-order valence-electron chi connectivity index (χ4n) is 8.92. The van der Waals surface area contributed by atoms with Crippen LogP contribution in [0.4, 0.5) is 0 Å². The fourth-order valence-corrected chi connectivity index (χ4v) is 8.92. The summed E-state index contributed by atoms with van der Waals surface area (Å²) in [6, 6.07) is 30.8. The Balaban J connectivity index is 1.31. The van der Waals surface area contributed by atoms with E-state index in [1.165, 1.54) is 55.5 Å². The third kappa shape index (κ3) is 15.6. The molecule has 0 bridgehead atoms. The van der Waals surface area contributed by atoms with E-state index in [0.717, 1.165) is 34.6 Å². The number of aliphatic hydroxyl groups excluding tert-OH is 1. The Bertz CT molecular complexity index is 2800. The zero-order valence-electron chi connectivity index (χ0n) is 44.0. The summed E-state index contributed by atoms with van der Waals surface area (Å²) in [6.45, 7) is 4.88. The van der Waals surface area contributed by atoms with Crippen molar-refractivity contribution in [3.8, 4) is 0 Å². The van der Waals surface area contributed by atoms with Gasteiger partial charge in [0.2, 0.25) is 0 Å². The molecule has 0 unspecified atom stereocenters. The number of hydrogen-bond donors (Lipinski definition) is 1. The minimum atomic E-state index is -2.03. The van der Waals surface area contributed by atoms with Crippen LogP contribution in [0.15, 0.2) is 121 Å². The summed E-state index contributed by atoms with van der Waals surface area (Å²) in [7, 11) is 0. The largest absolute Gasteiger partial charge is 0.459 e. The molecule has 0 amide bonds. The van der Waals surface area contributed by atoms with Gasteiger partial charge in [0.25, 0.3) is 0 Å². The molecule has 3 aliphatic rings. The number of carbonyl (C=O) groups excluding carboxylic acids is 9. The van der Waals surface area contributed by atoms with E-state index in [-0.39, 0.29) is 22.3 Å². The summed E-state index contributed by atoms with van der Waals surface area (Å²) in [5.41, 5.74) is 0.215. The van der Waals surface area contributed by atoms with E-state index in [1.54, 1.807) is 72.8 Å². The first kappa shape index (κ1) is 59.5. The molecule has 7 rings (SSSR count). The Hall–Kier alpha value is -8.13. The third-order valence-corrected chi connectivity index (χ3v) is 12.3. The van der Waals surface area contributed by atoms with Gasteiger partial charge in [-0.2, -0.15) is 0 Å². The first-order valence-electron chi connectivity index (χ1n) is 25.1. The second-order valence-corrected chi connectivity index (χ2v) is 18.3. The summed E-state index contributed by atoms with van der Waals surface area (Å²) in [4.78, 5) is 119. The molecule has 0 aliphatic carbocycles. The normalized spacial score (nSPS) is 28.1. The monoisotopic (exact) mass is 1110 g/mol. The van der Waals surface area contributed by atoms with Crippen molar-refractivity contribution in [1.29, 1.82) is 0 Å². The number of rotatable bonds is 19. The van der Waals surface area contributed by atoms with Gasteiger partial charge in [-0.3, -0.25) is 24.0 Å². The number of hydrogen-bond acceptors (Lipinski definition) is 24. The minimum Gasteiger partial charge on any atom is -0.459 e. The van der Waals surface area contributed by atoms with Crippen LogP contribution in [0, 0.1) is 0 Å². The van der Waals surface area contributed by atoms with E-state index >= 15 is 0 Å². The van der Waals surface area contributed by atoms with Crippen molar-refractivity contribution in [2.45, 2.75) is 134 Å². The lowest BCUT2D eigenvalue weighted by atomic mass is 9.96. The predicted octanol–water partition coefficient (Wildman–Crippen LogP) is 3.77. The highest BCUT2D eigenvalue weighted by molar-refractivity contribution is 5.91. The number of benzene rings is 4. The Labute approximate surface area is 457 Å². The lowest BCUT2D eigenvalue weighted by molar-refractivity contribution is -0.361. The van der Waals surface area contributed by atoms with E-state index in [9.17, 15) is 48.3 Å². The van der Waals surface area contributed by atoms with Crippen LogP contribution >= 0.6 is 0 Å². The Morgan fingerprint density at radius 1 is 0.375 bits per heavy atom. The number of ether oxygens (including phenoxy) is 14. The van der Waals surface area contributed by atoms with Crippen molar-refractivity contribution in [1.82, 2.24) is 0 Å². The number of esters is 9. The molecule has 3 saturated heterocycles. The lowest BCUT2D eigenvalue weighted by Crippen LogP contribution is -2.67. The Morgan fingerprint density at radius 2 is 0.725 bits per heavy atom. The van der Waals surface area contributed by atoms with Crippen molar-refractivity contribution in [3.05, 3.63) is 144 Å². The first-order valence-corrected chi connectivity index (χ1v) is 25.1. The molecule has 0 aromatic heterocycles. The zero-order chi connectivity index (χ0) is 57.6. The van der Waals surface area contributed by atoms with E-state index < -0.39 is 159 Å². The van der Waals surface area contributed by atoms with Gasteiger partial charge in [0.1, 0.15) is 24.9 Å². The predicted molar refractivity (Wildman–Crippen MR) is 266 cm³/mol. The van der Waals surface area contributed by atoms with Gasteiger partial charge < -0.3 is 71.4 Å². The molecule has 24 heteroatoms. The van der Waals surface area contributed by atoms with Crippen LogP contribution in [-0.2, 0) is 90.3 Å². The van der Waals surface area contributed by atoms with Crippen LogP contribution in [0.3, 0.4) is 0 Å². The van der Waals surface area contributed by atoms with Crippen LogP contribution < -0.4 is 0 Å². The van der Waals surface area contributed by atoms with Gasteiger partial charge in [-0.1, -0.05) is 72.8 Å². The highest BCUT2D eigenvalue weighted by Crippen LogP contribution is 2.37. The maximum absolute atomic E-state index is 14.2. The average molecular weight is 1120 g/mol. The Morgan fingerprint density at radius 3 is 1.19 bits per heavy atom. The smallest absolute Gasteiger partial charge is 0.338 e. The molecule has 0 spiro atoms. The van der Waals surface area contributed by atoms with Crippen molar-refractivity contribution < 1.29 is 115 Å². The van der Waals surface area contributed by atoms with Crippen LogP contribution in [0.5, 0.6) is 0 Å². The molecule has 4 aromatic rings. The summed E-state index contributed by atoms with van der Waals surface area (Å²) >= 11 is 0. The van der Waals surface area contributed by atoms with E-state index in [2.05, 4.69) is 0 Å². The SMILES string of the molecule is CC(=O)O[C@@H]1[C@@H](OC(C)=O)[C@H](O)O[C@H](CO[C@@H]2O[C@H](COC(=O)c3ccccc3)[C@@H](O[C@@H]3O[C@@H](C)[C@H](OC(=O)c4ccccc4)[C@@H](OC(=O)c4ccccc4)[C@H]3OC(=O)c3ccccc3)[C@H](OC(C)=O)[C@H]2OC(C)=O)[C@H]1OC(C)=O. The van der Waals surface area contributed by atoms with Gasteiger partial charge in [-0.05, 0) is 55.5 Å². The average Bonchev–Trinajstić information content (AvgIpc) is 3.50. The lowest BCUT2D eigenvalue weighted by Gasteiger charge is -2.49. The molecule has 4 aromatic carbocycles. The number of aliphatic hydroxyl groups is 1. The van der Waals surface area contributed by atoms with Crippen LogP contribution in [0.25, 0.3) is 0 Å². The zero-order valence-corrected chi connectivity index (χ0v) is 44.0. The second-order valence-electron chi connectivity index (χ2n) is 18.3. The molecule has 426 valence electrons. The van der Waals surface area contributed by atoms with Crippen molar-refractivity contribution in [2.75, 3.05) is 13.2 Å². The summed E-state index contributed by atoms with van der Waals surface area (Å²) < 4.78 is 83.3. The van der Waals surface area contributed by atoms with Crippen molar-refractivity contribution in [2.24, 2.45) is 0 Å². The molecular weight excluding hydrogens is 1060 g/mol. The first-order chi connectivity index (χ1) is 38.3. The molecule has 3 heterocycles. The van der Waals surface area contributed by atoms with E-state index in [0.29, 0.717) is 0 Å². The molecule has 1 N–H and O–H groups in total. The number of carbonyl (C=O) groups is 9. The highest BCUT2D eigenvalue weighted by Gasteiger charge is 2.58. The van der Waals surface area contributed by atoms with Crippen LogP contribution in [0.1, 0.15) is 83.0 Å². The van der Waals surface area contributed by atoms with Crippen molar-refractivity contribution >= 4 is 53.7 Å². The van der Waals surface area contributed by atoms with Gasteiger partial charge in [0.15, 0.2) is 67.7 Å². The second kappa shape index (κ2) is 27.6. The summed E-state index contributed by atoms with van der Waals surface area (Å²) in [5.74, 6) is -8.58. The maximum atomic E-state index is 14.2. The molecule has 3 aliphatic heterocycles. The van der Waals surface area contributed by atoms with E-state index in [1.807, 2.05) is 0 Å². The fraction of sp³-hybridized carbons (Fsp3) is 0.411. The Kier molecular flexibility index (Phi) is 20.6. The highest BCUT2D eigenvalue weighted by atomic mass is 16.8. The molecule has 0 saturated carbocycles. The standard InChI is InChI=1S/C56H58O24/c1-29-41(77-51(63)36-21-13-8-14-22-36)44(78-52(64)37-23-15-9-16-24-37)49(79-53(65)38-25-17-10-18-26-38)56(69-29)80-43-40(27-67-50(62)35-19-11-7-12-20-35)76-55(48(74-34(6)61)46(43)72-32(4)59)68-28-39-42(70-30(2)57)45(71-31(3)58)47(54(66)75-39)73-33(5)60/h7-26,29,39-49,54-56,66H,27-28H2,1-6H3/t29-,39+,40+,41-,42+,43+,44+,45-,46-,47+,48+,49+,54+,55+,56-/m0/s1. The van der Waals surface area contributed by atoms with Gasteiger partial charge in [-0.25, -0.2) is 19.2 Å². The maximum Gasteiger partial charge on any atom is 0.338 e. The molecule has 3 fully saturated rings. The molecule has 0 radical (unpaired) electrons. The summed E-state index contributed by atoms with van der Waals surface area (Å²) in [6.07, 6.45) is -26.3. The summed E-state index contributed by atoms with van der Waals surface area (Å²) in [5, 5.41) is 11.1. The molecule has 80 heavy (non-hydrogen) atoms. The molecule has 24 nitrogen and oxygen atoms in total. The van der Waals surface area contributed by atoms with Crippen LogP contribution in [0.2, 0.25) is 0 Å². The molecule has 15 atom stereocenters. The van der Waals surface area contributed by atoms with E-state index in [4.69, 9.17) is 66.3 Å². The topological polar surface area (TPSA) is 303 Å². The van der Waals surface area contributed by atoms with Gasteiger partial charge in [-0.15, -0.1) is 0 Å². The van der Waals surface area contributed by atoms with Gasteiger partial charge in [0, 0.05) is 34.6 Å². The third-order valence-electron chi connectivity index (χ3n) is 12.3.